The van der Waals surface area contributed by atoms with Gasteiger partial charge in [-0.25, -0.2) is 0 Å². The number of benzene rings is 1. The lowest BCUT2D eigenvalue weighted by atomic mass is 9.97. The van der Waals surface area contributed by atoms with E-state index in [1.165, 1.54) is 11.3 Å². The molecule has 2 aromatic rings. The van der Waals surface area contributed by atoms with E-state index in [-0.39, 0.29) is 5.91 Å². The van der Waals surface area contributed by atoms with Crippen LogP contribution in [-0.2, 0) is 6.42 Å². The van der Waals surface area contributed by atoms with Gasteiger partial charge in [0.2, 0.25) is 0 Å². The van der Waals surface area contributed by atoms with Crippen LogP contribution in [0.2, 0.25) is 5.02 Å². The van der Waals surface area contributed by atoms with Crippen LogP contribution in [0, 0.1) is 0 Å². The molecule has 0 atom stereocenters. The van der Waals surface area contributed by atoms with Gasteiger partial charge >= 0.3 is 0 Å². The third-order valence-corrected chi connectivity index (χ3v) is 4.37. The monoisotopic (exact) mass is 315 g/mol. The summed E-state index contributed by atoms with van der Waals surface area (Å²) in [6, 6.07) is 7.77. The van der Waals surface area contributed by atoms with Crippen LogP contribution in [0.3, 0.4) is 0 Å². The van der Waals surface area contributed by atoms with Gasteiger partial charge in [0.1, 0.15) is 5.69 Å². The second-order valence-electron chi connectivity index (χ2n) is 5.50. The van der Waals surface area contributed by atoms with E-state index < -0.39 is 0 Å². The molecule has 0 radical (unpaired) electrons. The Labute approximate surface area is 135 Å². The Morgan fingerprint density at radius 2 is 2.18 bits per heavy atom. The lowest BCUT2D eigenvalue weighted by molar-refractivity contribution is 0.0958. The smallest absolute Gasteiger partial charge is 0.269 e. The number of carbonyl (C=O) groups excluding carboxylic acids is 1. The number of hydrogen-bond acceptors (Lipinski definition) is 3. The number of pyridine rings is 1. The van der Waals surface area contributed by atoms with Crippen LogP contribution in [0.4, 0.5) is 5.69 Å². The van der Waals surface area contributed by atoms with Crippen LogP contribution in [-0.4, -0.2) is 31.5 Å². The van der Waals surface area contributed by atoms with E-state index in [2.05, 4.69) is 28.3 Å². The van der Waals surface area contributed by atoms with Crippen LogP contribution in [0.5, 0.6) is 0 Å². The first-order chi connectivity index (χ1) is 10.6. The minimum atomic E-state index is -0.190. The molecule has 1 aromatic heterocycles. The SMILES string of the molecule is CNC(=O)c1ccc(-c2cc3c(cc2Cl)N(C)CCC3)cn1. The molecule has 1 amide bonds. The third-order valence-electron chi connectivity index (χ3n) is 4.05. The maximum atomic E-state index is 11.6. The molecule has 0 unspecified atom stereocenters. The number of halogens is 1. The lowest BCUT2D eigenvalue weighted by Gasteiger charge is -2.28. The maximum absolute atomic E-state index is 11.6. The topological polar surface area (TPSA) is 45.2 Å². The quantitative estimate of drug-likeness (QED) is 0.926. The molecule has 3 rings (SSSR count). The molecule has 0 aliphatic carbocycles. The zero-order chi connectivity index (χ0) is 15.7. The standard InChI is InChI=1S/C17H18ClN3O/c1-19-17(22)15-6-5-12(10-20-15)13-8-11-4-3-7-21(2)16(11)9-14(13)18/h5-6,8-10H,3-4,7H2,1-2H3,(H,19,22). The van der Waals surface area contributed by atoms with Gasteiger partial charge in [-0.2, -0.15) is 0 Å². The van der Waals surface area contributed by atoms with Gasteiger partial charge in [-0.15, -0.1) is 0 Å². The van der Waals surface area contributed by atoms with Gasteiger partial charge in [0, 0.05) is 43.7 Å². The molecule has 22 heavy (non-hydrogen) atoms. The zero-order valence-corrected chi connectivity index (χ0v) is 13.4. The lowest BCUT2D eigenvalue weighted by Crippen LogP contribution is -2.24. The second-order valence-corrected chi connectivity index (χ2v) is 5.90. The molecule has 0 spiro atoms. The minimum absolute atomic E-state index is 0.190. The zero-order valence-electron chi connectivity index (χ0n) is 12.7. The number of aromatic nitrogens is 1. The van der Waals surface area contributed by atoms with E-state index in [0.29, 0.717) is 10.7 Å². The second kappa shape index (κ2) is 5.97. The van der Waals surface area contributed by atoms with Crippen LogP contribution < -0.4 is 10.2 Å². The number of nitrogens with zero attached hydrogens (tertiary/aromatic N) is 2. The summed E-state index contributed by atoms with van der Waals surface area (Å²) < 4.78 is 0. The molecule has 0 fully saturated rings. The summed E-state index contributed by atoms with van der Waals surface area (Å²) in [6.07, 6.45) is 3.91. The molecule has 0 saturated carbocycles. The fourth-order valence-corrected chi connectivity index (χ4v) is 3.09. The number of amides is 1. The minimum Gasteiger partial charge on any atom is -0.374 e. The molecule has 4 nitrogen and oxygen atoms in total. The molecular weight excluding hydrogens is 298 g/mol. The Kier molecular flexibility index (Phi) is 4.03. The van der Waals surface area contributed by atoms with Gasteiger partial charge in [-0.1, -0.05) is 17.7 Å². The van der Waals surface area contributed by atoms with Crippen molar-refractivity contribution in [2.75, 3.05) is 25.5 Å². The van der Waals surface area contributed by atoms with E-state index in [4.69, 9.17) is 11.6 Å². The molecule has 1 aliphatic rings. The van der Waals surface area contributed by atoms with Crippen molar-refractivity contribution < 1.29 is 4.79 Å². The molecule has 1 aromatic carbocycles. The fraction of sp³-hybridized carbons (Fsp3) is 0.294. The van der Waals surface area contributed by atoms with Crippen molar-refractivity contribution in [3.8, 4) is 11.1 Å². The van der Waals surface area contributed by atoms with Crippen LogP contribution >= 0.6 is 11.6 Å². The summed E-state index contributed by atoms with van der Waals surface area (Å²) in [6.45, 7) is 1.06. The summed E-state index contributed by atoms with van der Waals surface area (Å²) in [5, 5.41) is 3.27. The Balaban J connectivity index is 2.00. The Bertz CT molecular complexity index is 713. The molecule has 0 saturated heterocycles. The number of hydrogen-bond donors (Lipinski definition) is 1. The van der Waals surface area contributed by atoms with Gasteiger partial charge in [-0.3, -0.25) is 9.78 Å². The van der Waals surface area contributed by atoms with E-state index in [0.717, 1.165) is 30.5 Å². The summed E-state index contributed by atoms with van der Waals surface area (Å²) in [5.74, 6) is -0.190. The highest BCUT2D eigenvalue weighted by molar-refractivity contribution is 6.33. The molecule has 0 bridgehead atoms. The molecule has 1 aliphatic heterocycles. The normalized spacial score (nSPS) is 13.7. The predicted octanol–water partition coefficient (Wildman–Crippen LogP) is 3.14. The summed E-state index contributed by atoms with van der Waals surface area (Å²) in [5.41, 5.74) is 4.80. The van der Waals surface area contributed by atoms with Crippen LogP contribution in [0.1, 0.15) is 22.5 Å². The molecular formula is C17H18ClN3O. The van der Waals surface area contributed by atoms with Gasteiger partial charge in [-0.05, 0) is 36.6 Å². The van der Waals surface area contributed by atoms with Gasteiger partial charge in [0.25, 0.3) is 5.91 Å². The Morgan fingerprint density at radius 3 is 2.86 bits per heavy atom. The number of fused-ring (bicyclic) bond motifs is 1. The highest BCUT2D eigenvalue weighted by atomic mass is 35.5. The van der Waals surface area contributed by atoms with Crippen LogP contribution in [0.25, 0.3) is 11.1 Å². The first-order valence-electron chi connectivity index (χ1n) is 7.32. The number of rotatable bonds is 2. The maximum Gasteiger partial charge on any atom is 0.269 e. The van der Waals surface area contributed by atoms with Crippen molar-refractivity contribution >= 4 is 23.2 Å². The molecule has 2 heterocycles. The molecule has 1 N–H and O–H groups in total. The summed E-state index contributed by atoms with van der Waals surface area (Å²) >= 11 is 6.46. The Morgan fingerprint density at radius 1 is 1.36 bits per heavy atom. The molecule has 114 valence electrons. The van der Waals surface area contributed by atoms with Gasteiger partial charge in [0.15, 0.2) is 0 Å². The largest absolute Gasteiger partial charge is 0.374 e. The first kappa shape index (κ1) is 14.9. The molecule has 5 heteroatoms. The van der Waals surface area contributed by atoms with E-state index in [1.807, 2.05) is 12.1 Å². The van der Waals surface area contributed by atoms with Gasteiger partial charge < -0.3 is 10.2 Å². The van der Waals surface area contributed by atoms with E-state index >= 15 is 0 Å². The highest BCUT2D eigenvalue weighted by Gasteiger charge is 2.17. The fourth-order valence-electron chi connectivity index (χ4n) is 2.83. The summed E-state index contributed by atoms with van der Waals surface area (Å²) in [4.78, 5) is 18.0. The van der Waals surface area contributed by atoms with Crippen molar-refractivity contribution in [3.05, 3.63) is 46.7 Å². The van der Waals surface area contributed by atoms with Crippen molar-refractivity contribution in [2.24, 2.45) is 0 Å². The van der Waals surface area contributed by atoms with Gasteiger partial charge in [0.05, 0.1) is 5.02 Å². The number of carbonyl (C=O) groups is 1. The number of anilines is 1. The average molecular weight is 316 g/mol. The first-order valence-corrected chi connectivity index (χ1v) is 7.70. The Hall–Kier alpha value is -2.07. The predicted molar refractivity (Wildman–Crippen MR) is 89.7 cm³/mol. The van der Waals surface area contributed by atoms with Crippen molar-refractivity contribution in [3.63, 3.8) is 0 Å². The van der Waals surface area contributed by atoms with Crippen molar-refractivity contribution in [1.29, 1.82) is 0 Å². The van der Waals surface area contributed by atoms with E-state index in [1.54, 1.807) is 19.3 Å². The van der Waals surface area contributed by atoms with Crippen molar-refractivity contribution in [2.45, 2.75) is 12.8 Å². The third kappa shape index (κ3) is 2.66. The number of aryl methyl sites for hydroxylation is 1. The summed E-state index contributed by atoms with van der Waals surface area (Å²) in [7, 11) is 3.68. The number of nitrogens with one attached hydrogen (secondary N) is 1. The van der Waals surface area contributed by atoms with E-state index in [9.17, 15) is 4.79 Å². The van der Waals surface area contributed by atoms with Crippen LogP contribution in [0.15, 0.2) is 30.5 Å². The van der Waals surface area contributed by atoms with Crippen molar-refractivity contribution in [1.82, 2.24) is 10.3 Å². The average Bonchev–Trinajstić information content (AvgIpc) is 2.55. The highest BCUT2D eigenvalue weighted by Crippen LogP contribution is 2.36.